The van der Waals surface area contributed by atoms with Gasteiger partial charge in [0.2, 0.25) is 5.65 Å². The van der Waals surface area contributed by atoms with E-state index in [0.717, 1.165) is 25.7 Å². The Hall–Kier alpha value is -3.56. The molecule has 0 aliphatic heterocycles. The van der Waals surface area contributed by atoms with Gasteiger partial charge in [-0.15, -0.1) is 0 Å². The van der Waals surface area contributed by atoms with Crippen molar-refractivity contribution >= 4 is 22.9 Å². The molecule has 0 saturated heterocycles. The lowest BCUT2D eigenvalue weighted by atomic mass is 9.97. The largest absolute Gasteiger partial charge is 0.437 e. The fraction of sp³-hybridized carbons (Fsp3) is 0.368. The predicted molar refractivity (Wildman–Crippen MR) is 106 cm³/mol. The van der Waals surface area contributed by atoms with Crippen molar-refractivity contribution in [2.75, 3.05) is 0 Å². The van der Waals surface area contributed by atoms with Crippen molar-refractivity contribution in [1.82, 2.24) is 18.7 Å². The summed E-state index contributed by atoms with van der Waals surface area (Å²) < 4.78 is 2.90. The molecule has 0 aliphatic rings. The average molecular weight is 399 g/mol. The first-order valence-electron chi connectivity index (χ1n) is 9.11. The van der Waals surface area contributed by atoms with Gasteiger partial charge in [0.15, 0.2) is 5.78 Å². The second-order valence-corrected chi connectivity index (χ2v) is 6.99. The Morgan fingerprint density at radius 3 is 2.34 bits per heavy atom. The van der Waals surface area contributed by atoms with Gasteiger partial charge in [-0.2, -0.15) is 4.57 Å². The van der Waals surface area contributed by atoms with Crippen molar-refractivity contribution in [3.63, 3.8) is 0 Å². The lowest BCUT2D eigenvalue weighted by Crippen LogP contribution is -2.37. The molecule has 10 nitrogen and oxygen atoms in total. The normalized spacial score (nSPS) is 12.3. The van der Waals surface area contributed by atoms with E-state index in [1.54, 1.807) is 12.1 Å². The van der Waals surface area contributed by atoms with Gasteiger partial charge in [0.25, 0.3) is 5.52 Å². The predicted octanol–water partition coefficient (Wildman–Crippen LogP) is 1.74. The summed E-state index contributed by atoms with van der Waals surface area (Å²) in [4.78, 5) is 51.9. The van der Waals surface area contributed by atoms with Crippen LogP contribution in [-0.2, 0) is 20.6 Å². The van der Waals surface area contributed by atoms with E-state index in [9.17, 15) is 24.5 Å². The Kier molecular flexibility index (Phi) is 5.19. The van der Waals surface area contributed by atoms with Crippen LogP contribution < -0.4 is 11.2 Å². The Morgan fingerprint density at radius 2 is 1.79 bits per heavy atom. The first kappa shape index (κ1) is 20.2. The van der Waals surface area contributed by atoms with E-state index in [1.807, 2.05) is 12.1 Å². The highest BCUT2D eigenvalue weighted by molar-refractivity contribution is 5.96. The van der Waals surface area contributed by atoms with Crippen LogP contribution >= 0.6 is 0 Å². The van der Waals surface area contributed by atoms with Crippen molar-refractivity contribution in [3.8, 4) is 0 Å². The molecule has 2 heterocycles. The molecule has 0 radical (unpaired) electrons. The summed E-state index contributed by atoms with van der Waals surface area (Å²) in [5.74, 6) is -0.706. The number of aryl methyl sites for hydroxylation is 1. The van der Waals surface area contributed by atoms with Crippen LogP contribution in [0, 0.1) is 10.1 Å². The number of imidazole rings is 1. The molecule has 0 fully saturated rings. The molecule has 0 N–H and O–H groups in total. The molecule has 152 valence electrons. The Morgan fingerprint density at radius 1 is 1.17 bits per heavy atom. The minimum atomic E-state index is -0.775. The molecule has 1 aromatic carbocycles. The number of carbonyl (C=O) groups is 1. The van der Waals surface area contributed by atoms with Gasteiger partial charge < -0.3 is 10.1 Å². The van der Waals surface area contributed by atoms with Gasteiger partial charge in [-0.3, -0.25) is 18.7 Å². The zero-order valence-corrected chi connectivity index (χ0v) is 16.6. The molecule has 0 spiro atoms. The van der Waals surface area contributed by atoms with Gasteiger partial charge in [0.05, 0.1) is 0 Å². The number of benzene rings is 1. The fourth-order valence-corrected chi connectivity index (χ4v) is 3.23. The minimum Gasteiger partial charge on any atom is -0.390 e. The molecule has 0 amide bonds. The number of nitrogens with zero attached hydrogens (tertiary/aromatic N) is 5. The van der Waals surface area contributed by atoms with E-state index in [1.165, 1.54) is 14.1 Å². The van der Waals surface area contributed by atoms with Crippen LogP contribution in [0.2, 0.25) is 0 Å². The molecule has 0 aliphatic carbocycles. The van der Waals surface area contributed by atoms with Crippen LogP contribution in [0.4, 0.5) is 5.95 Å². The second kappa shape index (κ2) is 7.46. The number of hydrogen-bond donors (Lipinski definition) is 0. The van der Waals surface area contributed by atoms with Gasteiger partial charge in [0, 0.05) is 19.7 Å². The number of carbonyl (C=O) groups excluding carboxylic acids is 1. The maximum absolute atomic E-state index is 12.8. The van der Waals surface area contributed by atoms with E-state index in [0.29, 0.717) is 11.5 Å². The van der Waals surface area contributed by atoms with Gasteiger partial charge >= 0.3 is 17.2 Å². The van der Waals surface area contributed by atoms with Crippen molar-refractivity contribution in [2.45, 2.75) is 32.7 Å². The molecule has 10 heteroatoms. The Labute approximate surface area is 165 Å². The van der Waals surface area contributed by atoms with Gasteiger partial charge in [-0.1, -0.05) is 43.1 Å². The number of hydrogen-bond acceptors (Lipinski definition) is 6. The van der Waals surface area contributed by atoms with Crippen LogP contribution in [0.3, 0.4) is 0 Å². The highest BCUT2D eigenvalue weighted by Gasteiger charge is 2.29. The van der Waals surface area contributed by atoms with Gasteiger partial charge in [0.1, 0.15) is 6.54 Å². The quantitative estimate of drug-likeness (QED) is 0.353. The zero-order valence-electron chi connectivity index (χ0n) is 16.6. The number of rotatable bonds is 6. The summed E-state index contributed by atoms with van der Waals surface area (Å²) >= 11 is 0. The maximum atomic E-state index is 12.8. The highest BCUT2D eigenvalue weighted by atomic mass is 16.6. The number of Topliss-reactive ketones (excluding diaryl/α,β-unsaturated/α-hetero) is 1. The van der Waals surface area contributed by atoms with Crippen LogP contribution in [0.1, 0.15) is 42.1 Å². The highest BCUT2D eigenvalue weighted by Crippen LogP contribution is 2.21. The summed E-state index contributed by atoms with van der Waals surface area (Å²) in [6, 6.07) is 7.06. The average Bonchev–Trinajstić information content (AvgIpc) is 3.09. The lowest BCUT2D eigenvalue weighted by Gasteiger charge is -2.09. The third kappa shape index (κ3) is 3.37. The standard InChI is InChI=1S/C19H21N5O5/c1-5-11(2)12-6-8-13(9-7-12)14(25)10-23-16-15(20-18(23)24(28)29)17(26)22(4)19(27)21(16)3/h6-9,11H,5,10H2,1-4H3/t11-/m0/s1. The SMILES string of the molecule is CC[C@H](C)c1ccc(C(=O)Cn2c([N+](=O)[O-])nc3c(=O)n(C)c(=O)n(C)c32)cc1. The summed E-state index contributed by atoms with van der Waals surface area (Å²) in [6.07, 6.45) is 0.962. The third-order valence-corrected chi connectivity index (χ3v) is 5.20. The van der Waals surface area contributed by atoms with E-state index in [-0.39, 0.29) is 11.2 Å². The van der Waals surface area contributed by atoms with E-state index in [4.69, 9.17) is 0 Å². The summed E-state index contributed by atoms with van der Waals surface area (Å²) in [7, 11) is 2.64. The number of aromatic nitrogens is 4. The molecular formula is C19H21N5O5. The van der Waals surface area contributed by atoms with Crippen LogP contribution in [0.25, 0.3) is 11.2 Å². The summed E-state index contributed by atoms with van der Waals surface area (Å²) in [6.45, 7) is 3.73. The van der Waals surface area contributed by atoms with Crippen molar-refractivity contribution < 1.29 is 9.72 Å². The van der Waals surface area contributed by atoms with Crippen molar-refractivity contribution in [3.05, 3.63) is 66.3 Å². The molecule has 3 rings (SSSR count). The maximum Gasteiger partial charge on any atom is 0.437 e. The van der Waals surface area contributed by atoms with Crippen LogP contribution in [-0.4, -0.2) is 29.4 Å². The molecule has 29 heavy (non-hydrogen) atoms. The van der Waals surface area contributed by atoms with E-state index >= 15 is 0 Å². The van der Waals surface area contributed by atoms with E-state index in [2.05, 4.69) is 18.8 Å². The number of fused-ring (bicyclic) bond motifs is 1. The van der Waals surface area contributed by atoms with E-state index < -0.39 is 34.4 Å². The first-order chi connectivity index (χ1) is 13.7. The molecule has 2 aromatic heterocycles. The van der Waals surface area contributed by atoms with Crippen molar-refractivity contribution in [2.24, 2.45) is 14.1 Å². The molecule has 0 saturated carbocycles. The van der Waals surface area contributed by atoms with Gasteiger partial charge in [-0.05, 0) is 22.8 Å². The number of nitro groups is 1. The Bertz CT molecular complexity index is 1230. The lowest BCUT2D eigenvalue weighted by molar-refractivity contribution is -0.396. The van der Waals surface area contributed by atoms with Crippen LogP contribution in [0.5, 0.6) is 0 Å². The monoisotopic (exact) mass is 399 g/mol. The number of ketones is 1. The molecule has 0 bridgehead atoms. The Balaban J connectivity index is 2.11. The van der Waals surface area contributed by atoms with Gasteiger partial charge in [-0.25, -0.2) is 4.79 Å². The summed E-state index contributed by atoms with van der Waals surface area (Å²) in [5, 5.41) is 11.5. The second-order valence-electron chi connectivity index (χ2n) is 6.99. The topological polar surface area (TPSA) is 122 Å². The fourth-order valence-electron chi connectivity index (χ4n) is 3.23. The molecule has 1 atom stereocenters. The smallest absolute Gasteiger partial charge is 0.390 e. The minimum absolute atomic E-state index is 0.0608. The third-order valence-electron chi connectivity index (χ3n) is 5.20. The zero-order chi connectivity index (χ0) is 21.5. The molecule has 0 unspecified atom stereocenters. The molecular weight excluding hydrogens is 378 g/mol. The van der Waals surface area contributed by atoms with Crippen LogP contribution in [0.15, 0.2) is 33.9 Å². The first-order valence-corrected chi connectivity index (χ1v) is 9.11. The summed E-state index contributed by atoms with van der Waals surface area (Å²) in [5.41, 5.74) is -0.245. The van der Waals surface area contributed by atoms with Crippen molar-refractivity contribution in [1.29, 1.82) is 0 Å². The molecule has 3 aromatic rings.